The molecule has 0 saturated carbocycles. The molecule has 11 nitrogen and oxygen atoms in total. The van der Waals surface area contributed by atoms with E-state index in [9.17, 15) is 18.0 Å². The predicted octanol–water partition coefficient (Wildman–Crippen LogP) is 2.12. The van der Waals surface area contributed by atoms with Gasteiger partial charge in [0.25, 0.3) is 10.0 Å². The first kappa shape index (κ1) is 25.8. The van der Waals surface area contributed by atoms with Gasteiger partial charge in [0.15, 0.2) is 11.5 Å². The van der Waals surface area contributed by atoms with E-state index >= 15 is 0 Å². The highest BCUT2D eigenvalue weighted by atomic mass is 32.2. The number of hydrogen-bond acceptors (Lipinski definition) is 8. The van der Waals surface area contributed by atoms with Gasteiger partial charge in [-0.1, -0.05) is 0 Å². The maximum atomic E-state index is 13.8. The number of carbonyl (C=O) groups is 2. The summed E-state index contributed by atoms with van der Waals surface area (Å²) in [7, 11) is 1.50. The SMILES string of the molecule is COc1cc(N(C(=O)CC[C@@H](N)C(=O)O)S(=O)(=O)c2ccc3c(ccn3C)c2)cc(OC)c1OC. The smallest absolute Gasteiger partial charge is 0.320 e. The van der Waals surface area contributed by atoms with E-state index < -0.39 is 34.4 Å². The first-order chi connectivity index (χ1) is 16.5. The van der Waals surface area contributed by atoms with Crippen LogP contribution in [-0.2, 0) is 26.7 Å². The number of anilines is 1. The zero-order valence-corrected chi connectivity index (χ0v) is 20.5. The van der Waals surface area contributed by atoms with Gasteiger partial charge in [-0.25, -0.2) is 12.7 Å². The molecular weight excluding hydrogens is 478 g/mol. The Balaban J connectivity index is 2.17. The largest absolute Gasteiger partial charge is 0.493 e. The van der Waals surface area contributed by atoms with Crippen molar-refractivity contribution in [3.8, 4) is 17.2 Å². The van der Waals surface area contributed by atoms with Gasteiger partial charge in [0.05, 0.1) is 31.9 Å². The Labute approximate surface area is 202 Å². The molecule has 12 heteroatoms. The number of aryl methyl sites for hydroxylation is 1. The van der Waals surface area contributed by atoms with Crippen molar-refractivity contribution >= 4 is 38.5 Å². The highest BCUT2D eigenvalue weighted by Gasteiger charge is 2.33. The molecule has 1 heterocycles. The summed E-state index contributed by atoms with van der Waals surface area (Å²) in [5.74, 6) is -1.69. The first-order valence-electron chi connectivity index (χ1n) is 10.5. The van der Waals surface area contributed by atoms with E-state index in [0.717, 1.165) is 5.52 Å². The Morgan fingerprint density at radius 3 is 2.23 bits per heavy atom. The van der Waals surface area contributed by atoms with Crippen molar-refractivity contribution in [3.05, 3.63) is 42.6 Å². The fraction of sp³-hybridized carbons (Fsp3) is 0.304. The number of carbonyl (C=O) groups excluding carboxylic acids is 1. The minimum absolute atomic E-state index is 0.0680. The molecule has 188 valence electrons. The molecule has 2 aromatic carbocycles. The molecule has 0 aliphatic heterocycles. The van der Waals surface area contributed by atoms with Crippen molar-refractivity contribution in [2.45, 2.75) is 23.8 Å². The number of hydrogen-bond donors (Lipinski definition) is 2. The number of amides is 1. The van der Waals surface area contributed by atoms with Crippen LogP contribution < -0.4 is 24.2 Å². The second kappa shape index (κ2) is 10.2. The van der Waals surface area contributed by atoms with Crippen LogP contribution in [0.3, 0.4) is 0 Å². The molecule has 3 N–H and O–H groups in total. The van der Waals surface area contributed by atoms with Gasteiger partial charge in [-0.2, -0.15) is 0 Å². The Hall–Kier alpha value is -3.77. The van der Waals surface area contributed by atoms with Crippen LogP contribution in [0.1, 0.15) is 12.8 Å². The molecule has 0 aliphatic carbocycles. The van der Waals surface area contributed by atoms with E-state index in [1.54, 1.807) is 18.3 Å². The first-order valence-corrected chi connectivity index (χ1v) is 11.9. The molecule has 1 atom stereocenters. The van der Waals surface area contributed by atoms with Crippen LogP contribution in [0.2, 0.25) is 0 Å². The van der Waals surface area contributed by atoms with E-state index in [2.05, 4.69) is 0 Å². The van der Waals surface area contributed by atoms with Crippen LogP contribution in [0.5, 0.6) is 17.2 Å². The molecule has 0 bridgehead atoms. The van der Waals surface area contributed by atoms with Gasteiger partial charge in [-0.15, -0.1) is 0 Å². The van der Waals surface area contributed by atoms with Crippen LogP contribution >= 0.6 is 0 Å². The number of methoxy groups -OCH3 is 3. The Morgan fingerprint density at radius 2 is 1.69 bits per heavy atom. The highest BCUT2D eigenvalue weighted by Crippen LogP contribution is 2.42. The molecule has 3 rings (SSSR count). The van der Waals surface area contributed by atoms with Crippen LogP contribution in [-0.4, -0.2) is 57.3 Å². The molecule has 0 radical (unpaired) electrons. The number of carboxylic acid groups (broad SMARTS) is 1. The van der Waals surface area contributed by atoms with Crippen molar-refractivity contribution in [3.63, 3.8) is 0 Å². The lowest BCUT2D eigenvalue weighted by Crippen LogP contribution is -2.39. The Morgan fingerprint density at radius 1 is 1.06 bits per heavy atom. The Bertz CT molecular complexity index is 1340. The monoisotopic (exact) mass is 505 g/mol. The van der Waals surface area contributed by atoms with E-state index in [1.165, 1.54) is 45.6 Å². The average Bonchev–Trinajstić information content (AvgIpc) is 3.21. The van der Waals surface area contributed by atoms with E-state index in [4.69, 9.17) is 25.1 Å². The number of benzene rings is 2. The van der Waals surface area contributed by atoms with Gasteiger partial charge in [0, 0.05) is 42.7 Å². The van der Waals surface area contributed by atoms with Crippen LogP contribution in [0.4, 0.5) is 5.69 Å². The maximum absolute atomic E-state index is 13.8. The van der Waals surface area contributed by atoms with Crippen molar-refractivity contribution in [2.75, 3.05) is 25.6 Å². The number of nitrogens with two attached hydrogens (primary N) is 1. The highest BCUT2D eigenvalue weighted by molar-refractivity contribution is 7.93. The summed E-state index contributed by atoms with van der Waals surface area (Å²) in [6.07, 6.45) is 1.09. The Kier molecular flexibility index (Phi) is 7.56. The van der Waals surface area contributed by atoms with Crippen LogP contribution in [0.15, 0.2) is 47.5 Å². The molecule has 1 aromatic heterocycles. The molecule has 3 aromatic rings. The van der Waals surface area contributed by atoms with Crippen molar-refractivity contribution in [1.29, 1.82) is 0 Å². The fourth-order valence-electron chi connectivity index (χ4n) is 3.63. The molecule has 0 aliphatic rings. The van der Waals surface area contributed by atoms with Gasteiger partial charge in [-0.05, 0) is 30.7 Å². The summed E-state index contributed by atoms with van der Waals surface area (Å²) in [6.45, 7) is 0. The van der Waals surface area contributed by atoms with Gasteiger partial charge >= 0.3 is 5.97 Å². The van der Waals surface area contributed by atoms with Crippen molar-refractivity contribution in [2.24, 2.45) is 12.8 Å². The van der Waals surface area contributed by atoms with Crippen molar-refractivity contribution < 1.29 is 37.3 Å². The standard InChI is InChI=1S/C23H27N3O8S/c1-25-10-9-14-11-16(5-7-18(14)25)35(30,31)26(21(27)8-6-17(24)23(28)29)15-12-19(32-2)22(34-4)20(13-15)33-3/h5,7,9-13,17H,6,8,24H2,1-4H3,(H,28,29)/t17-/m1/s1. The lowest BCUT2D eigenvalue weighted by Gasteiger charge is -2.25. The quantitative estimate of drug-likeness (QED) is 0.422. The summed E-state index contributed by atoms with van der Waals surface area (Å²) >= 11 is 0. The summed E-state index contributed by atoms with van der Waals surface area (Å²) in [6, 6.07) is 7.59. The molecule has 1 amide bonds. The molecular formula is C23H27N3O8S. The number of sulfonamides is 1. The molecule has 0 saturated heterocycles. The van der Waals surface area contributed by atoms with Gasteiger partial charge in [0.1, 0.15) is 6.04 Å². The number of rotatable bonds is 10. The second-order valence-electron chi connectivity index (χ2n) is 7.68. The van der Waals surface area contributed by atoms with Crippen molar-refractivity contribution in [1.82, 2.24) is 4.57 Å². The second-order valence-corrected chi connectivity index (χ2v) is 9.46. The van der Waals surface area contributed by atoms with Crippen LogP contribution in [0, 0.1) is 0 Å². The summed E-state index contributed by atoms with van der Waals surface area (Å²) < 4.78 is 46.0. The zero-order valence-electron chi connectivity index (χ0n) is 19.7. The third-order valence-corrected chi connectivity index (χ3v) is 7.24. The van der Waals surface area contributed by atoms with E-state index in [1.807, 2.05) is 11.6 Å². The van der Waals surface area contributed by atoms with Gasteiger partial charge < -0.3 is 29.6 Å². The summed E-state index contributed by atoms with van der Waals surface area (Å²) in [5, 5.41) is 9.73. The lowest BCUT2D eigenvalue weighted by molar-refractivity contribution is -0.138. The summed E-state index contributed by atoms with van der Waals surface area (Å²) in [4.78, 5) is 24.3. The predicted molar refractivity (Wildman–Crippen MR) is 129 cm³/mol. The zero-order chi connectivity index (χ0) is 25.9. The number of fused-ring (bicyclic) bond motifs is 1. The van der Waals surface area contributed by atoms with E-state index in [0.29, 0.717) is 9.69 Å². The fourth-order valence-corrected chi connectivity index (χ4v) is 5.10. The average molecular weight is 506 g/mol. The minimum atomic E-state index is -4.44. The number of nitrogens with zero attached hydrogens (tertiary/aromatic N) is 2. The normalized spacial score (nSPS) is 12.3. The topological polar surface area (TPSA) is 150 Å². The minimum Gasteiger partial charge on any atom is -0.493 e. The molecule has 0 spiro atoms. The third-order valence-electron chi connectivity index (χ3n) is 5.49. The van der Waals surface area contributed by atoms with Crippen LogP contribution in [0.25, 0.3) is 10.9 Å². The number of carboxylic acids is 1. The van der Waals surface area contributed by atoms with E-state index in [-0.39, 0.29) is 34.3 Å². The maximum Gasteiger partial charge on any atom is 0.320 e. The number of aromatic nitrogens is 1. The summed E-state index contributed by atoms with van der Waals surface area (Å²) in [5.41, 5.74) is 6.28. The molecule has 35 heavy (non-hydrogen) atoms. The van der Waals surface area contributed by atoms with Gasteiger partial charge in [-0.3, -0.25) is 9.59 Å². The molecule has 0 fully saturated rings. The third kappa shape index (κ3) is 5.03. The number of ether oxygens (including phenoxy) is 3. The number of aliphatic carboxylic acids is 1. The molecule has 0 unspecified atom stereocenters. The lowest BCUT2D eigenvalue weighted by atomic mass is 10.1. The van der Waals surface area contributed by atoms with Gasteiger partial charge in [0.2, 0.25) is 11.7 Å².